The van der Waals surface area contributed by atoms with E-state index in [0.717, 1.165) is 11.3 Å². The molecule has 4 nitrogen and oxygen atoms in total. The Balaban J connectivity index is 2.14. The van der Waals surface area contributed by atoms with E-state index in [4.69, 9.17) is 4.74 Å². The summed E-state index contributed by atoms with van der Waals surface area (Å²) < 4.78 is 5.40. The van der Waals surface area contributed by atoms with Gasteiger partial charge in [0.25, 0.3) is 0 Å². The molecule has 1 heterocycles. The van der Waals surface area contributed by atoms with Gasteiger partial charge in [0.05, 0.1) is 12.6 Å². The maximum absolute atomic E-state index is 11.0. The normalized spacial score (nSPS) is 19.5. The summed E-state index contributed by atoms with van der Waals surface area (Å²) in [6.07, 6.45) is 0. The number of carbonyl (C=O) groups excluding carboxylic acids is 1. The first-order chi connectivity index (χ1) is 7.29. The van der Waals surface area contributed by atoms with Crippen molar-refractivity contribution in [1.29, 1.82) is 0 Å². The molecule has 0 bridgehead atoms. The van der Waals surface area contributed by atoms with Crippen molar-refractivity contribution in [2.24, 2.45) is 0 Å². The van der Waals surface area contributed by atoms with Gasteiger partial charge in [-0.1, -0.05) is 12.1 Å². The molecule has 1 aliphatic rings. The molecule has 4 heteroatoms. The number of benzene rings is 1. The highest BCUT2D eigenvalue weighted by Gasteiger charge is 2.21. The van der Waals surface area contributed by atoms with E-state index in [1.165, 1.54) is 0 Å². The highest BCUT2D eigenvalue weighted by Crippen LogP contribution is 2.20. The summed E-state index contributed by atoms with van der Waals surface area (Å²) in [5.41, 5.74) is 1.07. The van der Waals surface area contributed by atoms with Crippen LogP contribution in [0.5, 0.6) is 5.75 Å². The van der Waals surface area contributed by atoms with Crippen LogP contribution in [-0.4, -0.2) is 19.2 Å². The Labute approximate surface area is 88.6 Å². The SMILES string of the molecule is CCOc1cccc([C@H]2CNC(=O)N2)c1. The molecule has 0 aliphatic carbocycles. The average Bonchev–Trinajstić information content (AvgIpc) is 2.66. The largest absolute Gasteiger partial charge is 0.494 e. The number of amides is 2. The van der Waals surface area contributed by atoms with Gasteiger partial charge in [0.1, 0.15) is 5.75 Å². The number of nitrogens with one attached hydrogen (secondary N) is 2. The molecule has 1 aromatic rings. The van der Waals surface area contributed by atoms with Gasteiger partial charge in [0.2, 0.25) is 0 Å². The molecule has 1 atom stereocenters. The van der Waals surface area contributed by atoms with Crippen molar-refractivity contribution in [3.63, 3.8) is 0 Å². The molecule has 80 valence electrons. The molecule has 2 rings (SSSR count). The predicted octanol–water partition coefficient (Wildman–Crippen LogP) is 1.44. The minimum absolute atomic E-state index is 0.0536. The van der Waals surface area contributed by atoms with Crippen molar-refractivity contribution in [3.05, 3.63) is 29.8 Å². The fourth-order valence-corrected chi connectivity index (χ4v) is 1.64. The van der Waals surface area contributed by atoms with Crippen LogP contribution in [-0.2, 0) is 0 Å². The van der Waals surface area contributed by atoms with Gasteiger partial charge < -0.3 is 15.4 Å². The third kappa shape index (κ3) is 2.21. The zero-order chi connectivity index (χ0) is 10.7. The summed E-state index contributed by atoms with van der Waals surface area (Å²) in [5.74, 6) is 0.844. The topological polar surface area (TPSA) is 50.4 Å². The molecule has 0 radical (unpaired) electrons. The van der Waals surface area contributed by atoms with E-state index in [0.29, 0.717) is 13.2 Å². The lowest BCUT2D eigenvalue weighted by Crippen LogP contribution is -2.21. The maximum Gasteiger partial charge on any atom is 0.315 e. The van der Waals surface area contributed by atoms with Crippen LogP contribution in [0.2, 0.25) is 0 Å². The Kier molecular flexibility index (Phi) is 2.76. The molecular formula is C11H14N2O2. The number of ether oxygens (including phenoxy) is 1. The lowest BCUT2D eigenvalue weighted by molar-refractivity contribution is 0.247. The molecule has 2 amide bonds. The van der Waals surface area contributed by atoms with Gasteiger partial charge in [-0.3, -0.25) is 0 Å². The third-order valence-electron chi connectivity index (χ3n) is 2.34. The van der Waals surface area contributed by atoms with Crippen molar-refractivity contribution in [2.45, 2.75) is 13.0 Å². The van der Waals surface area contributed by atoms with Crippen molar-refractivity contribution in [2.75, 3.05) is 13.2 Å². The van der Waals surface area contributed by atoms with Crippen LogP contribution in [0.3, 0.4) is 0 Å². The molecule has 2 N–H and O–H groups in total. The number of urea groups is 1. The van der Waals surface area contributed by atoms with E-state index in [-0.39, 0.29) is 12.1 Å². The van der Waals surface area contributed by atoms with Crippen molar-refractivity contribution in [3.8, 4) is 5.75 Å². The second-order valence-electron chi connectivity index (χ2n) is 3.41. The van der Waals surface area contributed by atoms with E-state index in [9.17, 15) is 4.79 Å². The maximum atomic E-state index is 11.0. The second-order valence-corrected chi connectivity index (χ2v) is 3.41. The number of carbonyl (C=O) groups is 1. The van der Waals surface area contributed by atoms with Gasteiger partial charge in [-0.15, -0.1) is 0 Å². The quantitative estimate of drug-likeness (QED) is 0.786. The molecule has 1 saturated heterocycles. The van der Waals surface area contributed by atoms with Crippen LogP contribution < -0.4 is 15.4 Å². The van der Waals surface area contributed by atoms with Crippen LogP contribution in [0.1, 0.15) is 18.5 Å². The minimum Gasteiger partial charge on any atom is -0.494 e. The Hall–Kier alpha value is -1.71. The summed E-state index contributed by atoms with van der Waals surface area (Å²) >= 11 is 0. The Morgan fingerprint density at radius 3 is 3.07 bits per heavy atom. The monoisotopic (exact) mass is 206 g/mol. The molecular weight excluding hydrogens is 192 g/mol. The molecule has 1 aliphatic heterocycles. The third-order valence-corrected chi connectivity index (χ3v) is 2.34. The fourth-order valence-electron chi connectivity index (χ4n) is 1.64. The van der Waals surface area contributed by atoms with Gasteiger partial charge >= 0.3 is 6.03 Å². The lowest BCUT2D eigenvalue weighted by atomic mass is 10.1. The molecule has 1 fully saturated rings. The van der Waals surface area contributed by atoms with Gasteiger partial charge in [0, 0.05) is 6.54 Å². The summed E-state index contributed by atoms with van der Waals surface area (Å²) in [4.78, 5) is 11.0. The summed E-state index contributed by atoms with van der Waals surface area (Å²) in [6, 6.07) is 7.74. The van der Waals surface area contributed by atoms with Gasteiger partial charge in [-0.2, -0.15) is 0 Å². The lowest BCUT2D eigenvalue weighted by Gasteiger charge is -2.10. The Bertz CT molecular complexity index is 365. The summed E-state index contributed by atoms with van der Waals surface area (Å²) in [6.45, 7) is 3.23. The minimum atomic E-state index is -0.109. The second kappa shape index (κ2) is 4.21. The van der Waals surface area contributed by atoms with E-state index in [2.05, 4.69) is 10.6 Å². The van der Waals surface area contributed by atoms with Gasteiger partial charge in [-0.05, 0) is 24.6 Å². The smallest absolute Gasteiger partial charge is 0.315 e. The van der Waals surface area contributed by atoms with Crippen LogP contribution in [0.25, 0.3) is 0 Å². The molecule has 0 unspecified atom stereocenters. The Morgan fingerprint density at radius 2 is 2.40 bits per heavy atom. The predicted molar refractivity (Wildman–Crippen MR) is 56.9 cm³/mol. The number of hydrogen-bond acceptors (Lipinski definition) is 2. The number of hydrogen-bond donors (Lipinski definition) is 2. The van der Waals surface area contributed by atoms with Crippen molar-refractivity contribution in [1.82, 2.24) is 10.6 Å². The van der Waals surface area contributed by atoms with Crippen LogP contribution in [0, 0.1) is 0 Å². The zero-order valence-corrected chi connectivity index (χ0v) is 8.62. The summed E-state index contributed by atoms with van der Waals surface area (Å²) in [7, 11) is 0. The van der Waals surface area contributed by atoms with E-state index >= 15 is 0 Å². The van der Waals surface area contributed by atoms with E-state index < -0.39 is 0 Å². The average molecular weight is 206 g/mol. The first-order valence-electron chi connectivity index (χ1n) is 5.06. The summed E-state index contributed by atoms with van der Waals surface area (Å²) in [5, 5.41) is 5.56. The molecule has 0 aromatic heterocycles. The Morgan fingerprint density at radius 1 is 1.53 bits per heavy atom. The van der Waals surface area contributed by atoms with E-state index in [1.807, 2.05) is 31.2 Å². The molecule has 0 spiro atoms. The molecule has 15 heavy (non-hydrogen) atoms. The number of rotatable bonds is 3. The van der Waals surface area contributed by atoms with Crippen LogP contribution in [0.4, 0.5) is 4.79 Å². The van der Waals surface area contributed by atoms with Gasteiger partial charge in [-0.25, -0.2) is 4.79 Å². The fraction of sp³-hybridized carbons (Fsp3) is 0.364. The van der Waals surface area contributed by atoms with Crippen molar-refractivity contribution < 1.29 is 9.53 Å². The highest BCUT2D eigenvalue weighted by atomic mass is 16.5. The first-order valence-corrected chi connectivity index (χ1v) is 5.06. The van der Waals surface area contributed by atoms with Crippen LogP contribution >= 0.6 is 0 Å². The molecule has 0 saturated carbocycles. The standard InChI is InChI=1S/C11H14N2O2/c1-2-15-9-5-3-4-8(6-9)10-7-12-11(14)13-10/h3-6,10H,2,7H2,1H3,(H2,12,13,14)/t10-/m1/s1. The zero-order valence-electron chi connectivity index (χ0n) is 8.62. The van der Waals surface area contributed by atoms with Crippen molar-refractivity contribution >= 4 is 6.03 Å². The molecule has 1 aromatic carbocycles. The van der Waals surface area contributed by atoms with E-state index in [1.54, 1.807) is 0 Å². The van der Waals surface area contributed by atoms with Gasteiger partial charge in [0.15, 0.2) is 0 Å². The van der Waals surface area contributed by atoms with Crippen LogP contribution in [0.15, 0.2) is 24.3 Å². The highest BCUT2D eigenvalue weighted by molar-refractivity contribution is 5.76. The first kappa shape index (κ1) is 9.83.